The van der Waals surface area contributed by atoms with Gasteiger partial charge in [-0.25, -0.2) is 0 Å². The maximum atomic E-state index is 12.2. The molecule has 128 valence electrons. The molecule has 1 aromatic carbocycles. The lowest BCUT2D eigenvalue weighted by Crippen LogP contribution is -2.49. The second-order valence-corrected chi connectivity index (χ2v) is 5.50. The van der Waals surface area contributed by atoms with Crippen LogP contribution in [0, 0.1) is 0 Å². The van der Waals surface area contributed by atoms with E-state index < -0.39 is 6.36 Å². The van der Waals surface area contributed by atoms with Crippen molar-refractivity contribution < 1.29 is 22.7 Å². The van der Waals surface area contributed by atoms with Crippen molar-refractivity contribution in [3.8, 4) is 5.75 Å². The molecule has 1 saturated heterocycles. The van der Waals surface area contributed by atoms with Crippen LogP contribution >= 0.6 is 0 Å². The monoisotopic (exact) mass is 331 g/mol. The maximum absolute atomic E-state index is 12.2. The molecule has 1 N–H and O–H groups in total. The molecule has 8 heteroatoms. The Morgan fingerprint density at radius 2 is 2.04 bits per heavy atom. The molecule has 0 aliphatic carbocycles. The van der Waals surface area contributed by atoms with Crippen LogP contribution in [0.15, 0.2) is 24.3 Å². The van der Waals surface area contributed by atoms with Gasteiger partial charge in [0.05, 0.1) is 6.54 Å². The van der Waals surface area contributed by atoms with Crippen LogP contribution < -0.4 is 10.1 Å². The number of piperazine rings is 1. The van der Waals surface area contributed by atoms with Crippen LogP contribution in [0.25, 0.3) is 0 Å². The van der Waals surface area contributed by atoms with E-state index >= 15 is 0 Å². The number of carbonyl (C=O) groups is 1. The third kappa shape index (κ3) is 6.07. The summed E-state index contributed by atoms with van der Waals surface area (Å²) in [7, 11) is 1.76. The predicted octanol–water partition coefficient (Wildman–Crippen LogP) is 1.45. The molecule has 0 atom stereocenters. The number of carbonyl (C=O) groups excluding carboxylic acids is 1. The minimum Gasteiger partial charge on any atom is -0.406 e. The van der Waals surface area contributed by atoms with Crippen molar-refractivity contribution in [1.29, 1.82) is 0 Å². The molecule has 0 aromatic heterocycles. The van der Waals surface area contributed by atoms with Gasteiger partial charge in [0.2, 0.25) is 5.91 Å². The van der Waals surface area contributed by atoms with Crippen molar-refractivity contribution >= 4 is 5.91 Å². The summed E-state index contributed by atoms with van der Waals surface area (Å²) in [4.78, 5) is 15.7. The Kier molecular flexibility index (Phi) is 5.84. The summed E-state index contributed by atoms with van der Waals surface area (Å²) in [6, 6.07) is 5.79. The third-order valence-electron chi connectivity index (χ3n) is 3.46. The van der Waals surface area contributed by atoms with Gasteiger partial charge in [0.15, 0.2) is 0 Å². The maximum Gasteiger partial charge on any atom is 0.573 e. The first-order valence-electron chi connectivity index (χ1n) is 7.35. The Balaban J connectivity index is 1.88. The van der Waals surface area contributed by atoms with Gasteiger partial charge in [0.1, 0.15) is 5.75 Å². The second kappa shape index (κ2) is 7.65. The first kappa shape index (κ1) is 17.6. The van der Waals surface area contributed by atoms with E-state index in [9.17, 15) is 18.0 Å². The molecule has 1 aromatic rings. The Bertz CT molecular complexity index is 531. The zero-order valence-corrected chi connectivity index (χ0v) is 12.9. The molecule has 0 saturated carbocycles. The molecule has 1 amide bonds. The van der Waals surface area contributed by atoms with E-state index in [0.29, 0.717) is 25.2 Å². The Hall–Kier alpha value is -1.80. The van der Waals surface area contributed by atoms with Gasteiger partial charge in [0, 0.05) is 32.7 Å². The van der Waals surface area contributed by atoms with Crippen LogP contribution in [0.1, 0.15) is 5.56 Å². The normalized spacial score (nSPS) is 15.8. The number of amides is 1. The van der Waals surface area contributed by atoms with Gasteiger partial charge >= 0.3 is 6.36 Å². The topological polar surface area (TPSA) is 44.8 Å². The van der Waals surface area contributed by atoms with Crippen LogP contribution in [0.4, 0.5) is 13.2 Å². The fourth-order valence-corrected chi connectivity index (χ4v) is 2.45. The number of ether oxygens (including phenoxy) is 1. The van der Waals surface area contributed by atoms with Crippen molar-refractivity contribution in [2.75, 3.05) is 39.8 Å². The largest absolute Gasteiger partial charge is 0.573 e. The third-order valence-corrected chi connectivity index (χ3v) is 3.46. The molecule has 0 bridgehead atoms. The summed E-state index contributed by atoms with van der Waals surface area (Å²) in [5.41, 5.74) is 0.655. The summed E-state index contributed by atoms with van der Waals surface area (Å²) in [5, 5.41) is 3.17. The summed E-state index contributed by atoms with van der Waals surface area (Å²) in [5.74, 6) is -0.228. The molecule has 5 nitrogen and oxygen atoms in total. The summed E-state index contributed by atoms with van der Waals surface area (Å²) >= 11 is 0. The highest BCUT2D eigenvalue weighted by atomic mass is 19.4. The standard InChI is InChI=1S/C15H20F3N3O2/c1-20(11-14(22)21-7-5-19-6-8-21)10-12-3-2-4-13(9-12)23-15(16,17)18/h2-4,9,19H,5-8,10-11H2,1H3. The Morgan fingerprint density at radius 3 is 2.70 bits per heavy atom. The molecule has 1 aliphatic rings. The zero-order chi connectivity index (χ0) is 16.9. The van der Waals surface area contributed by atoms with Gasteiger partial charge in [0.25, 0.3) is 0 Å². The Labute approximate surface area is 133 Å². The van der Waals surface area contributed by atoms with E-state index in [2.05, 4.69) is 10.1 Å². The minimum absolute atomic E-state index is 0.0247. The van der Waals surface area contributed by atoms with Crippen molar-refractivity contribution in [2.45, 2.75) is 12.9 Å². The van der Waals surface area contributed by atoms with Gasteiger partial charge in [-0.05, 0) is 24.7 Å². The fourth-order valence-electron chi connectivity index (χ4n) is 2.45. The quantitative estimate of drug-likeness (QED) is 0.887. The van der Waals surface area contributed by atoms with Crippen molar-refractivity contribution in [3.63, 3.8) is 0 Å². The highest BCUT2D eigenvalue weighted by Gasteiger charge is 2.31. The molecule has 2 rings (SSSR count). The lowest BCUT2D eigenvalue weighted by molar-refractivity contribution is -0.274. The molecular weight excluding hydrogens is 311 g/mol. The van der Waals surface area contributed by atoms with Crippen LogP contribution in [0.3, 0.4) is 0 Å². The van der Waals surface area contributed by atoms with Gasteiger partial charge in [-0.2, -0.15) is 0 Å². The predicted molar refractivity (Wildman–Crippen MR) is 78.9 cm³/mol. The molecule has 1 fully saturated rings. The first-order valence-corrected chi connectivity index (χ1v) is 7.35. The molecule has 0 radical (unpaired) electrons. The number of likely N-dealkylation sites (N-methyl/N-ethyl adjacent to an activating group) is 1. The highest BCUT2D eigenvalue weighted by molar-refractivity contribution is 5.78. The molecule has 1 heterocycles. The lowest BCUT2D eigenvalue weighted by atomic mass is 10.2. The smallest absolute Gasteiger partial charge is 0.406 e. The average molecular weight is 331 g/mol. The number of nitrogens with zero attached hydrogens (tertiary/aromatic N) is 2. The average Bonchev–Trinajstić information content (AvgIpc) is 2.46. The van der Waals surface area contributed by atoms with E-state index in [1.165, 1.54) is 18.2 Å². The molecular formula is C15H20F3N3O2. The zero-order valence-electron chi connectivity index (χ0n) is 12.9. The highest BCUT2D eigenvalue weighted by Crippen LogP contribution is 2.23. The molecule has 1 aliphatic heterocycles. The molecule has 0 unspecified atom stereocenters. The summed E-state index contributed by atoms with van der Waals surface area (Å²) < 4.78 is 40.6. The van der Waals surface area contributed by atoms with E-state index in [4.69, 9.17) is 0 Å². The van der Waals surface area contributed by atoms with Gasteiger partial charge in [-0.15, -0.1) is 13.2 Å². The van der Waals surface area contributed by atoms with E-state index in [1.807, 2.05) is 0 Å². The first-order chi connectivity index (χ1) is 10.8. The fraction of sp³-hybridized carbons (Fsp3) is 0.533. The minimum atomic E-state index is -4.71. The number of rotatable bonds is 5. The second-order valence-electron chi connectivity index (χ2n) is 5.50. The SMILES string of the molecule is CN(CC(=O)N1CCNCC1)Cc1cccc(OC(F)(F)F)c1. The van der Waals surface area contributed by atoms with Crippen LogP contribution in [-0.2, 0) is 11.3 Å². The number of benzene rings is 1. The van der Waals surface area contributed by atoms with Crippen molar-refractivity contribution in [3.05, 3.63) is 29.8 Å². The Morgan fingerprint density at radius 1 is 1.35 bits per heavy atom. The molecule has 23 heavy (non-hydrogen) atoms. The lowest BCUT2D eigenvalue weighted by Gasteiger charge is -2.29. The summed E-state index contributed by atoms with van der Waals surface area (Å²) in [6.45, 7) is 3.53. The van der Waals surface area contributed by atoms with Crippen LogP contribution in [0.5, 0.6) is 5.75 Å². The number of hydrogen-bond acceptors (Lipinski definition) is 4. The van der Waals surface area contributed by atoms with Crippen LogP contribution in [0.2, 0.25) is 0 Å². The summed E-state index contributed by atoms with van der Waals surface area (Å²) in [6.07, 6.45) is -4.71. The van der Waals surface area contributed by atoms with Crippen molar-refractivity contribution in [2.24, 2.45) is 0 Å². The van der Waals surface area contributed by atoms with Gasteiger partial charge < -0.3 is 15.0 Å². The number of halogens is 3. The van der Waals surface area contributed by atoms with Crippen molar-refractivity contribution in [1.82, 2.24) is 15.1 Å². The number of hydrogen-bond donors (Lipinski definition) is 1. The number of alkyl halides is 3. The van der Waals surface area contributed by atoms with Crippen LogP contribution in [-0.4, -0.2) is 61.8 Å². The van der Waals surface area contributed by atoms with Gasteiger partial charge in [-0.1, -0.05) is 12.1 Å². The number of nitrogens with one attached hydrogen (secondary N) is 1. The van der Waals surface area contributed by atoms with E-state index in [1.54, 1.807) is 22.9 Å². The van der Waals surface area contributed by atoms with E-state index in [-0.39, 0.29) is 18.2 Å². The van der Waals surface area contributed by atoms with Gasteiger partial charge in [-0.3, -0.25) is 9.69 Å². The molecule has 0 spiro atoms. The van der Waals surface area contributed by atoms with E-state index in [0.717, 1.165) is 13.1 Å².